The predicted molar refractivity (Wildman–Crippen MR) is 9.31 cm³/mol. The van der Waals surface area contributed by atoms with Gasteiger partial charge in [-0.15, -0.1) is 0 Å². The molecule has 2 N–H and O–H groups in total. The molecule has 34 valence electrons. The van der Waals surface area contributed by atoms with Crippen LogP contribution < -0.4 is 0 Å². The molecular formula is H4F2HfO2. The molecule has 0 atom stereocenters. The van der Waals surface area contributed by atoms with E-state index in [0.29, 0.717) is 0 Å². The summed E-state index contributed by atoms with van der Waals surface area (Å²) in [6, 6.07) is 0. The molecular weight excluding hydrogens is 248 g/mol. The normalized spacial score (nSPS) is 0.600. The zero-order valence-corrected chi connectivity index (χ0v) is 5.82. The molecule has 0 aliphatic rings. The molecule has 0 unspecified atom stereocenters. The second-order valence-corrected chi connectivity index (χ2v) is 0. The first-order valence-corrected chi connectivity index (χ1v) is 1.67. The minimum atomic E-state index is 0. The molecule has 0 amide bonds. The minimum absolute atomic E-state index is 0. The van der Waals surface area contributed by atoms with E-state index in [1.807, 2.05) is 0 Å². The Morgan fingerprint density at radius 3 is 1.00 bits per heavy atom. The van der Waals surface area contributed by atoms with Gasteiger partial charge in [0.2, 0.25) is 0 Å². The van der Waals surface area contributed by atoms with Crippen molar-refractivity contribution >= 4 is 0 Å². The van der Waals surface area contributed by atoms with Crippen molar-refractivity contribution in [2.75, 3.05) is 0 Å². The van der Waals surface area contributed by atoms with Crippen molar-refractivity contribution in [1.29, 1.82) is 0 Å². The summed E-state index contributed by atoms with van der Waals surface area (Å²) >= 11 is 0.0556. The summed E-state index contributed by atoms with van der Waals surface area (Å²) in [6.45, 7) is 0. The zero-order chi connectivity index (χ0) is 2.00. The van der Waals surface area contributed by atoms with Gasteiger partial charge in [-0.2, -0.15) is 0 Å². The summed E-state index contributed by atoms with van der Waals surface area (Å²) in [7, 11) is 0. The fourth-order valence-corrected chi connectivity index (χ4v) is 0. The molecule has 0 saturated carbocycles. The van der Waals surface area contributed by atoms with Crippen LogP contribution in [0, 0.1) is 0 Å². The van der Waals surface area contributed by atoms with Gasteiger partial charge < -0.3 is 5.48 Å². The number of halogens is 2. The second-order valence-electron chi connectivity index (χ2n) is 0. The van der Waals surface area contributed by atoms with Crippen LogP contribution in [-0.4, -0.2) is 5.48 Å². The van der Waals surface area contributed by atoms with E-state index >= 15 is 0 Å². The molecule has 0 heterocycles. The van der Waals surface area contributed by atoms with Crippen LogP contribution in [-0.2, 0) is 27.2 Å². The number of rotatable bonds is 0. The quantitative estimate of drug-likeness (QED) is 0.529. The van der Waals surface area contributed by atoms with Crippen LogP contribution in [0.2, 0.25) is 0 Å². The van der Waals surface area contributed by atoms with E-state index in [2.05, 4.69) is 0 Å². The predicted octanol–water partition coefficient (Wildman–Crippen LogP) is -0.641. The van der Waals surface area contributed by atoms with E-state index in [0.717, 1.165) is 0 Å². The van der Waals surface area contributed by atoms with Gasteiger partial charge in [0, 0.05) is 0 Å². The van der Waals surface area contributed by atoms with Crippen LogP contribution in [0.1, 0.15) is 0 Å². The summed E-state index contributed by atoms with van der Waals surface area (Å²) < 4.78 is 8.39. The van der Waals surface area contributed by atoms with Crippen molar-refractivity contribution in [3.63, 3.8) is 0 Å². The molecule has 0 radical (unpaired) electrons. The molecule has 0 aromatic heterocycles. The maximum absolute atomic E-state index is 8.39. The second kappa shape index (κ2) is 228. The van der Waals surface area contributed by atoms with Crippen LogP contribution in [0.15, 0.2) is 0 Å². The molecule has 0 rings (SSSR count). The van der Waals surface area contributed by atoms with Crippen molar-refractivity contribution in [2.45, 2.75) is 0 Å². The third kappa shape index (κ3) is 116. The standard InChI is InChI=1S/2FH.Hf.H2O.O/h2*1H;;1H2;. The van der Waals surface area contributed by atoms with Crippen LogP contribution in [0.3, 0.4) is 0 Å². The Hall–Kier alpha value is 0.490. The first-order chi connectivity index (χ1) is 1.00. The molecule has 0 saturated heterocycles. The summed E-state index contributed by atoms with van der Waals surface area (Å²) in [4.78, 5) is 0. The van der Waals surface area contributed by atoms with Crippen molar-refractivity contribution in [1.82, 2.24) is 0 Å². The van der Waals surface area contributed by atoms with Gasteiger partial charge in [0.25, 0.3) is 0 Å². The van der Waals surface area contributed by atoms with E-state index in [4.69, 9.17) is 2.85 Å². The van der Waals surface area contributed by atoms with Gasteiger partial charge in [0.1, 0.15) is 0 Å². The van der Waals surface area contributed by atoms with Crippen LogP contribution in [0.25, 0.3) is 0 Å². The van der Waals surface area contributed by atoms with Crippen LogP contribution in [0.5, 0.6) is 0 Å². The summed E-state index contributed by atoms with van der Waals surface area (Å²) in [5.41, 5.74) is 0. The van der Waals surface area contributed by atoms with Gasteiger partial charge in [-0.25, -0.2) is 0 Å². The molecule has 5 heavy (non-hydrogen) atoms. The zero-order valence-electron chi connectivity index (χ0n) is 2.22. The Morgan fingerprint density at radius 2 is 1.00 bits per heavy atom. The van der Waals surface area contributed by atoms with Gasteiger partial charge >= 0.3 is 27.2 Å². The van der Waals surface area contributed by atoms with Crippen LogP contribution >= 0.6 is 0 Å². The number of hydrogen-bond donors (Lipinski definition) is 0. The molecule has 0 aliphatic carbocycles. The average Bonchev–Trinajstić information content (AvgIpc) is 1.00. The third-order valence-corrected chi connectivity index (χ3v) is 0. The molecule has 0 aromatic carbocycles. The molecule has 2 nitrogen and oxygen atoms in total. The van der Waals surface area contributed by atoms with E-state index in [1.165, 1.54) is 0 Å². The first-order valence-electron chi connectivity index (χ1n) is 0.204. The molecule has 5 heteroatoms. The fourth-order valence-electron chi connectivity index (χ4n) is 0. The topological polar surface area (TPSA) is 48.6 Å². The molecule has 0 bridgehead atoms. The van der Waals surface area contributed by atoms with Crippen LogP contribution in [0.4, 0.5) is 9.41 Å². The SMILES string of the molecule is F.F.O.[O]=[Hf]. The van der Waals surface area contributed by atoms with E-state index in [1.54, 1.807) is 0 Å². The van der Waals surface area contributed by atoms with Crippen molar-refractivity contribution < 1.29 is 42.1 Å². The van der Waals surface area contributed by atoms with Crippen molar-refractivity contribution in [3.8, 4) is 0 Å². The monoisotopic (exact) mass is 254 g/mol. The summed E-state index contributed by atoms with van der Waals surface area (Å²) in [5, 5.41) is 0. The van der Waals surface area contributed by atoms with E-state index < -0.39 is 0 Å². The first kappa shape index (κ1) is 49.8. The Kier molecular flexibility index (Phi) is 2270. The molecule has 0 aliphatic heterocycles. The Bertz CT molecular complexity index is 7.61. The third-order valence-electron chi connectivity index (χ3n) is 0. The van der Waals surface area contributed by atoms with Gasteiger partial charge in [-0.05, 0) is 0 Å². The number of hydrogen-bond acceptors (Lipinski definition) is 1. The van der Waals surface area contributed by atoms with E-state index in [-0.39, 0.29) is 39.3 Å². The average molecular weight is 253 g/mol. The molecule has 0 aromatic rings. The summed E-state index contributed by atoms with van der Waals surface area (Å²) in [6.07, 6.45) is 0. The Labute approximate surface area is 42.6 Å². The van der Waals surface area contributed by atoms with Crippen molar-refractivity contribution in [3.05, 3.63) is 0 Å². The van der Waals surface area contributed by atoms with Crippen molar-refractivity contribution in [2.24, 2.45) is 0 Å². The Balaban J connectivity index is -0.00000000167. The molecule has 0 spiro atoms. The van der Waals surface area contributed by atoms with Gasteiger partial charge in [-0.3, -0.25) is 9.41 Å². The van der Waals surface area contributed by atoms with Gasteiger partial charge in [-0.1, -0.05) is 0 Å². The maximum atomic E-state index is 8.39. The van der Waals surface area contributed by atoms with E-state index in [9.17, 15) is 0 Å². The van der Waals surface area contributed by atoms with Gasteiger partial charge in [0.15, 0.2) is 0 Å². The Morgan fingerprint density at radius 1 is 1.00 bits per heavy atom. The van der Waals surface area contributed by atoms with Gasteiger partial charge in [0.05, 0.1) is 0 Å². The molecule has 0 fully saturated rings. The summed E-state index contributed by atoms with van der Waals surface area (Å²) in [5.74, 6) is 0. The fraction of sp³-hybridized carbons (Fsp3) is 0.